The summed E-state index contributed by atoms with van der Waals surface area (Å²) in [6.45, 7) is 12.0. The van der Waals surface area contributed by atoms with Gasteiger partial charge in [-0.25, -0.2) is 0 Å². The van der Waals surface area contributed by atoms with Gasteiger partial charge in [-0.1, -0.05) is 100 Å². The Kier molecular flexibility index (Phi) is 25.5. The number of hydrogen-bond acceptors (Lipinski definition) is 11. The topological polar surface area (TPSA) is 44.2 Å². The monoisotopic (exact) mass is 1650 g/mol. The molecule has 4 aromatic carbocycles. The fourth-order valence-electron chi connectivity index (χ4n) is 9.17. The van der Waals surface area contributed by atoms with Crippen LogP contribution in [0.5, 0.6) is 11.5 Å². The lowest BCUT2D eigenvalue weighted by molar-refractivity contribution is 0.275. The van der Waals surface area contributed by atoms with E-state index in [0.29, 0.717) is 12.5 Å². The Morgan fingerprint density at radius 1 is 0.430 bits per heavy atom. The van der Waals surface area contributed by atoms with Gasteiger partial charge in [0.25, 0.3) is 0 Å². The number of thiophene rings is 6. The van der Waals surface area contributed by atoms with E-state index in [1.807, 2.05) is 0 Å². The van der Waals surface area contributed by atoms with Gasteiger partial charge in [0.1, 0.15) is 22.5 Å². The maximum atomic E-state index is 6.37. The van der Waals surface area contributed by atoms with Crippen LogP contribution in [-0.2, 0) is 0 Å². The lowest BCUT2D eigenvalue weighted by Gasteiger charge is -2.16. The Morgan fingerprint density at radius 3 is 1.38 bits per heavy atom. The molecule has 0 aliphatic rings. The number of nitrogens with zero attached hydrogens (tertiary/aromatic N) is 2. The lowest BCUT2D eigenvalue weighted by atomic mass is 9.92. The van der Waals surface area contributed by atoms with Gasteiger partial charge >= 0.3 is 0 Å². The molecule has 442 valence electrons. The van der Waals surface area contributed by atoms with E-state index in [1.165, 1.54) is 93.6 Å². The molecule has 0 bridgehead atoms. The summed E-state index contributed by atoms with van der Waals surface area (Å²) in [5.41, 5.74) is 13.8. The van der Waals surface area contributed by atoms with E-state index >= 15 is 0 Å². The second-order valence-corrected chi connectivity index (χ2v) is 36.0. The quantitative estimate of drug-likeness (QED) is 0.0763. The Bertz CT molecular complexity index is 4080. The molecule has 86 heavy (non-hydrogen) atoms. The maximum Gasteiger partial charge on any atom is 0.127 e. The van der Waals surface area contributed by atoms with Crippen LogP contribution in [0, 0.1) is 25.7 Å². The number of rotatable bonds is 20. The fourth-order valence-corrected chi connectivity index (χ4v) is 17.9. The predicted molar refractivity (Wildman–Crippen MR) is 406 cm³/mol. The molecule has 17 heteroatoms. The highest BCUT2D eigenvalue weighted by Gasteiger charge is 2.17. The molecule has 1 unspecified atom stereocenters. The first kappa shape index (κ1) is 66.8. The molecular weight excluding hydrogens is 1590 g/mol. The van der Waals surface area contributed by atoms with Crippen molar-refractivity contribution in [1.82, 2.24) is 8.75 Å². The van der Waals surface area contributed by atoms with Crippen LogP contribution >= 0.6 is 175 Å². The summed E-state index contributed by atoms with van der Waals surface area (Å²) in [5, 5.41) is 0. The van der Waals surface area contributed by atoms with E-state index in [1.54, 1.807) is 75.1 Å². The molecule has 0 N–H and O–H groups in total. The summed E-state index contributed by atoms with van der Waals surface area (Å²) >= 11 is 32.8. The van der Waals surface area contributed by atoms with Gasteiger partial charge < -0.3 is 9.47 Å². The first-order valence-electron chi connectivity index (χ1n) is 27.6. The zero-order valence-electron chi connectivity index (χ0n) is 47.8. The number of hydrogen-bond donors (Lipinski definition) is 0. The van der Waals surface area contributed by atoms with Crippen molar-refractivity contribution in [2.75, 3.05) is 13.7 Å². The molecule has 0 aliphatic carbocycles. The highest BCUT2D eigenvalue weighted by atomic mass is 79.9. The van der Waals surface area contributed by atoms with Gasteiger partial charge in [0.2, 0.25) is 0 Å². The van der Waals surface area contributed by atoms with Crippen LogP contribution in [0.1, 0.15) is 99.3 Å². The molecule has 0 spiro atoms. The Labute approximate surface area is 584 Å². The van der Waals surface area contributed by atoms with Crippen molar-refractivity contribution in [2.45, 2.75) is 60.3 Å². The molecule has 0 fully saturated rings. The summed E-state index contributed by atoms with van der Waals surface area (Å²) in [7, 11) is 1.72. The zero-order valence-corrected chi connectivity index (χ0v) is 63.1. The summed E-state index contributed by atoms with van der Waals surface area (Å²) < 4.78 is 27.9. The second-order valence-electron chi connectivity index (χ2n) is 20.6. The van der Waals surface area contributed by atoms with Crippen LogP contribution in [0.2, 0.25) is 0 Å². The van der Waals surface area contributed by atoms with Gasteiger partial charge in [0, 0.05) is 51.5 Å². The van der Waals surface area contributed by atoms with Crippen LogP contribution in [0.15, 0.2) is 156 Å². The van der Waals surface area contributed by atoms with Crippen LogP contribution in [0.3, 0.4) is 0 Å². The third kappa shape index (κ3) is 19.4. The predicted octanol–water partition coefficient (Wildman–Crippen LogP) is 27.5. The molecule has 11 rings (SSSR count). The molecule has 0 aliphatic heterocycles. The van der Waals surface area contributed by atoms with Crippen LogP contribution in [0.25, 0.3) is 91.6 Å². The van der Waals surface area contributed by atoms with E-state index in [9.17, 15) is 0 Å². The highest BCUT2D eigenvalue weighted by Crippen LogP contribution is 2.42. The third-order valence-electron chi connectivity index (χ3n) is 13.7. The van der Waals surface area contributed by atoms with Crippen molar-refractivity contribution < 1.29 is 9.47 Å². The van der Waals surface area contributed by atoms with Crippen molar-refractivity contribution in [3.05, 3.63) is 209 Å². The highest BCUT2D eigenvalue weighted by molar-refractivity contribution is 9.12. The first-order valence-corrected chi connectivity index (χ1v) is 38.0. The minimum absolute atomic E-state index is 0.658. The van der Waals surface area contributed by atoms with E-state index < -0.39 is 0 Å². The maximum absolute atomic E-state index is 6.37. The number of aromatic nitrogens is 2. The number of halogens is 6. The molecule has 0 radical (unpaired) electrons. The van der Waals surface area contributed by atoms with Gasteiger partial charge in [-0.3, -0.25) is 0 Å². The van der Waals surface area contributed by atoms with Crippen molar-refractivity contribution in [2.24, 2.45) is 11.8 Å². The van der Waals surface area contributed by atoms with Gasteiger partial charge in [-0.15, -0.1) is 68.0 Å². The van der Waals surface area contributed by atoms with Gasteiger partial charge in [-0.05, 0) is 283 Å². The van der Waals surface area contributed by atoms with E-state index in [4.69, 9.17) is 9.47 Å². The molecule has 7 aromatic heterocycles. The summed E-state index contributed by atoms with van der Waals surface area (Å²) in [6, 6.07) is 47.0. The molecule has 11 aromatic rings. The molecule has 7 heterocycles. The summed E-state index contributed by atoms with van der Waals surface area (Å²) in [4.78, 5) is 7.26. The van der Waals surface area contributed by atoms with Crippen LogP contribution in [-0.4, -0.2) is 22.5 Å². The normalized spacial score (nSPS) is 12.1. The van der Waals surface area contributed by atoms with Gasteiger partial charge in [0.15, 0.2) is 0 Å². The average molecular weight is 1650 g/mol. The van der Waals surface area contributed by atoms with E-state index in [0.717, 1.165) is 79.8 Å². The van der Waals surface area contributed by atoms with Gasteiger partial charge in [0.05, 0.1) is 48.2 Å². The molecule has 4 nitrogen and oxygen atoms in total. The smallest absolute Gasteiger partial charge is 0.127 e. The minimum Gasteiger partial charge on any atom is -0.496 e. The largest absolute Gasteiger partial charge is 0.496 e. The average Bonchev–Trinajstić information content (AvgIpc) is 1.92. The van der Waals surface area contributed by atoms with Crippen molar-refractivity contribution in [3.63, 3.8) is 0 Å². The van der Waals surface area contributed by atoms with Gasteiger partial charge in [-0.2, -0.15) is 8.75 Å². The van der Waals surface area contributed by atoms with Crippen LogP contribution in [0.4, 0.5) is 0 Å². The van der Waals surface area contributed by atoms with Crippen LogP contribution < -0.4 is 9.47 Å². The summed E-state index contributed by atoms with van der Waals surface area (Å²) in [5.74, 6) is 3.15. The molecule has 0 saturated carbocycles. The molecule has 0 saturated heterocycles. The Balaban J connectivity index is 0.000000158. The molecular formula is C69H60Br6N2O2S7. The minimum atomic E-state index is 0.658. The second kappa shape index (κ2) is 32.9. The Morgan fingerprint density at radius 2 is 0.907 bits per heavy atom. The fraction of sp³-hybridized carbons (Fsp3) is 0.188. The number of fused-ring (bicyclic) bond motifs is 1. The first-order chi connectivity index (χ1) is 41.5. The molecule has 1 atom stereocenters. The van der Waals surface area contributed by atoms with Crippen molar-refractivity contribution >= 4 is 235 Å². The molecule has 0 amide bonds. The van der Waals surface area contributed by atoms with Crippen molar-refractivity contribution in [3.8, 4) is 43.5 Å². The number of aryl methyl sites for hydroxylation is 2. The van der Waals surface area contributed by atoms with Crippen molar-refractivity contribution in [1.29, 1.82) is 0 Å². The zero-order chi connectivity index (χ0) is 60.7. The van der Waals surface area contributed by atoms with E-state index in [2.05, 4.69) is 321 Å². The number of benzene rings is 4. The Hall–Kier alpha value is -3.66. The van der Waals surface area contributed by atoms with E-state index in [-0.39, 0.29) is 0 Å². The standard InChI is InChI=1S/C29H34Br2O2S2.C26H20Br2S2.C14H6Br2N2S3/c1-20(2)6-5-7-21(3)16-17-33-27-19-22(8-10-24-12-14-28(30)34-24)26(32-4)18-23(27)9-11-25-13-15-29(31)35-25;1-17-3-4-18(2)23(15-17)24-16-19(6-9-21-11-13-25(27)29-21)5-7-20(24)8-10-22-12-14-26(28)30-22;15-11-5-3-9(19-11)7-1-2-8(10-4-6-12(16)20-10)14-13(7)17-21-18-14/h8-15,18-21H,5-7,16-17H2,1-4H3;3-16H,1-2H3;1-6H/b10-8+,11-9+;9-6+,10-8+;. The number of ether oxygens (including phenoxy) is 2. The SMILES string of the molecule is Brc1ccc(-c2ccc(-c3ccc(Br)s3)c3nsnc23)s1.COc1cc(/C=C/c2ccc(Br)s2)c(OCCC(C)CCCC(C)C)cc1/C=C/c1ccc(Br)s1.Cc1ccc(C)c(-c2cc(/C=C/c3ccc(Br)s3)ccc2/C=C/c2ccc(Br)s2)c1. The third-order valence-corrected chi connectivity index (χ3v) is 23.9. The lowest BCUT2D eigenvalue weighted by Crippen LogP contribution is -2.06. The number of methoxy groups -OCH3 is 1. The summed E-state index contributed by atoms with van der Waals surface area (Å²) in [6.07, 6.45) is 22.2.